The van der Waals surface area contributed by atoms with Crippen molar-refractivity contribution in [1.29, 1.82) is 0 Å². The topological polar surface area (TPSA) is 41.1 Å². The van der Waals surface area contributed by atoms with Crippen molar-refractivity contribution in [2.75, 3.05) is 6.54 Å². The summed E-state index contributed by atoms with van der Waals surface area (Å²) in [5.74, 6) is 3.06. The van der Waals surface area contributed by atoms with Crippen LogP contribution in [0.2, 0.25) is 0 Å². The second kappa shape index (κ2) is 6.08. The Morgan fingerprint density at radius 3 is 2.24 bits per heavy atom. The molecule has 0 aromatic rings. The second-order valence-corrected chi connectivity index (χ2v) is 8.08. The van der Waals surface area contributed by atoms with E-state index in [1.165, 1.54) is 51.4 Å². The largest absolute Gasteiger partial charge is 0.351 e. The molecule has 5 rings (SSSR count). The van der Waals surface area contributed by atoms with Crippen molar-refractivity contribution in [3.05, 3.63) is 0 Å². The number of hydrogen-bond acceptors (Lipinski definition) is 2. The summed E-state index contributed by atoms with van der Waals surface area (Å²) in [4.78, 5) is 12.3. The van der Waals surface area contributed by atoms with Crippen molar-refractivity contribution in [2.45, 2.75) is 75.8 Å². The van der Waals surface area contributed by atoms with Gasteiger partial charge in [0.2, 0.25) is 5.91 Å². The SMILES string of the molecule is Cl.O=C(CCC1CCCN1)NC12CC3CC(CC(C3)C1)C2. The van der Waals surface area contributed by atoms with Crippen LogP contribution in [0.25, 0.3) is 0 Å². The summed E-state index contributed by atoms with van der Waals surface area (Å²) in [6, 6.07) is 0.595. The van der Waals surface area contributed by atoms with Gasteiger partial charge >= 0.3 is 0 Å². The number of carbonyl (C=O) groups is 1. The zero-order valence-electron chi connectivity index (χ0n) is 12.9. The van der Waals surface area contributed by atoms with E-state index in [2.05, 4.69) is 10.6 Å². The fraction of sp³-hybridized carbons (Fsp3) is 0.941. The fourth-order valence-corrected chi connectivity index (χ4v) is 5.93. The molecule has 120 valence electrons. The Bertz CT molecular complexity index is 357. The van der Waals surface area contributed by atoms with Crippen LogP contribution in [0.1, 0.15) is 64.2 Å². The zero-order valence-corrected chi connectivity index (χ0v) is 13.7. The van der Waals surface area contributed by atoms with Crippen molar-refractivity contribution >= 4 is 18.3 Å². The normalized spacial score (nSPS) is 43.6. The van der Waals surface area contributed by atoms with Gasteiger partial charge in [0.1, 0.15) is 0 Å². The molecule has 0 aromatic carbocycles. The smallest absolute Gasteiger partial charge is 0.220 e. The third kappa shape index (κ3) is 3.24. The van der Waals surface area contributed by atoms with Crippen LogP contribution in [0.15, 0.2) is 0 Å². The first-order valence-electron chi connectivity index (χ1n) is 8.75. The van der Waals surface area contributed by atoms with Crippen LogP contribution in [0.3, 0.4) is 0 Å². The molecule has 0 aromatic heterocycles. The van der Waals surface area contributed by atoms with Crippen molar-refractivity contribution in [3.63, 3.8) is 0 Å². The Morgan fingerprint density at radius 2 is 1.71 bits per heavy atom. The van der Waals surface area contributed by atoms with E-state index in [9.17, 15) is 4.79 Å². The van der Waals surface area contributed by atoms with Gasteiger partial charge < -0.3 is 10.6 Å². The van der Waals surface area contributed by atoms with E-state index in [-0.39, 0.29) is 17.9 Å². The number of amides is 1. The van der Waals surface area contributed by atoms with Gasteiger partial charge in [0.25, 0.3) is 0 Å². The molecule has 1 atom stereocenters. The molecule has 21 heavy (non-hydrogen) atoms. The minimum atomic E-state index is 0. The Labute approximate surface area is 134 Å². The number of hydrogen-bond donors (Lipinski definition) is 2. The maximum absolute atomic E-state index is 12.3. The van der Waals surface area contributed by atoms with Gasteiger partial charge in [0.15, 0.2) is 0 Å². The molecule has 1 amide bonds. The first-order chi connectivity index (χ1) is 9.71. The van der Waals surface area contributed by atoms with Gasteiger partial charge in [-0.1, -0.05) is 0 Å². The standard InChI is InChI=1S/C17H28N2O.ClH/c20-16(4-3-15-2-1-5-18-15)19-17-9-12-6-13(10-17)8-14(7-12)11-17;/h12-15,18H,1-11H2,(H,19,20);1H. The minimum Gasteiger partial charge on any atom is -0.351 e. The van der Waals surface area contributed by atoms with Gasteiger partial charge in [0.05, 0.1) is 0 Å². The molecule has 0 radical (unpaired) electrons. The number of halogens is 1. The highest BCUT2D eigenvalue weighted by Crippen LogP contribution is 2.55. The molecular weight excluding hydrogens is 284 g/mol. The van der Waals surface area contributed by atoms with Crippen LogP contribution < -0.4 is 10.6 Å². The Morgan fingerprint density at radius 1 is 1.10 bits per heavy atom. The van der Waals surface area contributed by atoms with Crippen LogP contribution in [0.4, 0.5) is 0 Å². The van der Waals surface area contributed by atoms with Crippen molar-refractivity contribution in [2.24, 2.45) is 17.8 Å². The van der Waals surface area contributed by atoms with Crippen molar-refractivity contribution in [3.8, 4) is 0 Å². The highest BCUT2D eigenvalue weighted by Gasteiger charge is 2.51. The summed E-state index contributed by atoms with van der Waals surface area (Å²) >= 11 is 0. The van der Waals surface area contributed by atoms with E-state index in [0.717, 1.165) is 37.1 Å². The van der Waals surface area contributed by atoms with Crippen molar-refractivity contribution in [1.82, 2.24) is 10.6 Å². The zero-order chi connectivity index (χ0) is 13.6. The highest BCUT2D eigenvalue weighted by molar-refractivity contribution is 5.85. The van der Waals surface area contributed by atoms with E-state index in [1.54, 1.807) is 0 Å². The molecule has 0 spiro atoms. The molecule has 1 saturated heterocycles. The predicted molar refractivity (Wildman–Crippen MR) is 86.6 cm³/mol. The summed E-state index contributed by atoms with van der Waals surface area (Å²) < 4.78 is 0. The highest BCUT2D eigenvalue weighted by atomic mass is 35.5. The molecule has 5 aliphatic rings. The molecule has 5 fully saturated rings. The summed E-state index contributed by atoms with van der Waals surface area (Å²) in [7, 11) is 0. The maximum Gasteiger partial charge on any atom is 0.220 e. The molecule has 4 bridgehead atoms. The lowest BCUT2D eigenvalue weighted by Gasteiger charge is -2.57. The van der Waals surface area contributed by atoms with E-state index < -0.39 is 0 Å². The van der Waals surface area contributed by atoms with Gasteiger partial charge in [-0.05, 0) is 82.1 Å². The number of nitrogens with one attached hydrogen (secondary N) is 2. The van der Waals surface area contributed by atoms with E-state index in [0.29, 0.717) is 11.9 Å². The second-order valence-electron chi connectivity index (χ2n) is 8.08. The maximum atomic E-state index is 12.3. The third-order valence-electron chi connectivity index (χ3n) is 6.33. The molecule has 1 unspecified atom stereocenters. The van der Waals surface area contributed by atoms with E-state index >= 15 is 0 Å². The lowest BCUT2D eigenvalue weighted by atomic mass is 9.53. The Balaban J connectivity index is 0.00000132. The van der Waals surface area contributed by atoms with E-state index in [4.69, 9.17) is 0 Å². The fourth-order valence-electron chi connectivity index (χ4n) is 5.93. The van der Waals surface area contributed by atoms with Crippen LogP contribution in [-0.4, -0.2) is 24.0 Å². The Kier molecular flexibility index (Phi) is 4.52. The van der Waals surface area contributed by atoms with Gasteiger partial charge in [-0.25, -0.2) is 0 Å². The summed E-state index contributed by atoms with van der Waals surface area (Å²) in [6.45, 7) is 1.14. The van der Waals surface area contributed by atoms with Crippen LogP contribution in [0.5, 0.6) is 0 Å². The molecule has 2 N–H and O–H groups in total. The van der Waals surface area contributed by atoms with E-state index in [1.807, 2.05) is 0 Å². The third-order valence-corrected chi connectivity index (χ3v) is 6.33. The lowest BCUT2D eigenvalue weighted by Crippen LogP contribution is -2.59. The number of rotatable bonds is 4. The van der Waals surface area contributed by atoms with Crippen LogP contribution in [-0.2, 0) is 4.79 Å². The molecule has 4 heteroatoms. The molecule has 1 aliphatic heterocycles. The first-order valence-corrected chi connectivity index (χ1v) is 8.75. The first kappa shape index (κ1) is 15.6. The molecule has 4 saturated carbocycles. The average molecular weight is 313 g/mol. The quantitative estimate of drug-likeness (QED) is 0.838. The van der Waals surface area contributed by atoms with Crippen LogP contribution >= 0.6 is 12.4 Å². The monoisotopic (exact) mass is 312 g/mol. The van der Waals surface area contributed by atoms with Gasteiger partial charge in [-0.2, -0.15) is 0 Å². The van der Waals surface area contributed by atoms with Crippen molar-refractivity contribution < 1.29 is 4.79 Å². The van der Waals surface area contributed by atoms with Crippen LogP contribution in [0, 0.1) is 17.8 Å². The summed E-state index contributed by atoms with van der Waals surface area (Å²) in [5, 5.41) is 6.97. The summed E-state index contributed by atoms with van der Waals surface area (Å²) in [6.07, 6.45) is 12.4. The molecule has 1 heterocycles. The number of carbonyl (C=O) groups excluding carboxylic acids is 1. The van der Waals surface area contributed by atoms with Gasteiger partial charge in [0, 0.05) is 18.0 Å². The lowest BCUT2D eigenvalue weighted by molar-refractivity contribution is -0.127. The molecular formula is C17H29ClN2O. The predicted octanol–water partition coefficient (Wildman–Crippen LogP) is 3.03. The summed E-state index contributed by atoms with van der Waals surface area (Å²) in [5.41, 5.74) is 0.203. The Hall–Kier alpha value is -0.280. The molecule has 4 aliphatic carbocycles. The average Bonchev–Trinajstić information content (AvgIpc) is 2.87. The minimum absolute atomic E-state index is 0. The van der Waals surface area contributed by atoms with Gasteiger partial charge in [-0.3, -0.25) is 4.79 Å². The van der Waals surface area contributed by atoms with Gasteiger partial charge in [-0.15, -0.1) is 12.4 Å². The molecule has 3 nitrogen and oxygen atoms in total.